The Morgan fingerprint density at radius 2 is 1.81 bits per heavy atom. The second-order valence-corrected chi connectivity index (χ2v) is 5.14. The van der Waals surface area contributed by atoms with Crippen molar-refractivity contribution < 1.29 is 4.42 Å². The third kappa shape index (κ3) is 1.75. The van der Waals surface area contributed by atoms with Gasteiger partial charge in [0.25, 0.3) is 0 Å². The minimum absolute atomic E-state index is 0.656. The van der Waals surface area contributed by atoms with E-state index in [9.17, 15) is 0 Å². The van der Waals surface area contributed by atoms with Crippen molar-refractivity contribution in [1.29, 1.82) is 0 Å². The van der Waals surface area contributed by atoms with Gasteiger partial charge in [0.15, 0.2) is 0 Å². The van der Waals surface area contributed by atoms with Crippen LogP contribution in [0.1, 0.15) is 44.3 Å². The Morgan fingerprint density at radius 3 is 2.56 bits per heavy atom. The quantitative estimate of drug-likeness (QED) is 0.669. The molecule has 3 rings (SSSR count). The minimum atomic E-state index is 0.656. The highest BCUT2D eigenvalue weighted by atomic mass is 16.3. The number of hydrogen-bond acceptors (Lipinski definition) is 1. The van der Waals surface area contributed by atoms with Crippen LogP contribution < -0.4 is 0 Å². The molecule has 1 nitrogen and oxygen atoms in total. The summed E-state index contributed by atoms with van der Waals surface area (Å²) < 4.78 is 5.94. The molecule has 1 heterocycles. The van der Waals surface area contributed by atoms with E-state index in [1.165, 1.54) is 36.8 Å². The maximum atomic E-state index is 5.94. The Bertz CT molecular complexity index is 442. The lowest BCUT2D eigenvalue weighted by molar-refractivity contribution is 0.319. The first kappa shape index (κ1) is 9.95. The largest absolute Gasteiger partial charge is 0.461 e. The summed E-state index contributed by atoms with van der Waals surface area (Å²) in [6.07, 6.45) is 5.28. The van der Waals surface area contributed by atoms with E-state index in [1.54, 1.807) is 0 Å². The molecule has 0 amide bonds. The summed E-state index contributed by atoms with van der Waals surface area (Å²) in [7, 11) is 0. The number of fused-ring (bicyclic) bond motifs is 1. The van der Waals surface area contributed by atoms with Crippen LogP contribution in [0.3, 0.4) is 0 Å². The fourth-order valence-electron chi connectivity index (χ4n) is 2.75. The molecule has 16 heavy (non-hydrogen) atoms. The Morgan fingerprint density at radius 1 is 1.06 bits per heavy atom. The highest BCUT2D eigenvalue weighted by Crippen LogP contribution is 2.37. The van der Waals surface area contributed by atoms with Gasteiger partial charge in [0.2, 0.25) is 0 Å². The summed E-state index contributed by atoms with van der Waals surface area (Å²) in [5.74, 6) is 2.76. The highest BCUT2D eigenvalue weighted by molar-refractivity contribution is 5.77. The van der Waals surface area contributed by atoms with E-state index < -0.39 is 0 Å². The molecule has 1 fully saturated rings. The van der Waals surface area contributed by atoms with Crippen molar-refractivity contribution in [3.05, 3.63) is 36.1 Å². The van der Waals surface area contributed by atoms with Crippen LogP contribution in [-0.4, -0.2) is 0 Å². The van der Waals surface area contributed by atoms with E-state index in [0.717, 1.165) is 11.5 Å². The molecule has 0 atom stereocenters. The second-order valence-electron chi connectivity index (χ2n) is 5.14. The highest BCUT2D eigenvalue weighted by Gasteiger charge is 2.22. The standard InChI is InChI=1S/C15H18O/c1-11-6-8-12(9-7-11)15-10-13-4-2-3-5-14(13)16-15/h2-5,10-12H,6-9H2,1H3/t11-,12+. The Kier molecular flexibility index (Phi) is 2.47. The molecule has 0 unspecified atom stereocenters. The van der Waals surface area contributed by atoms with E-state index in [0.29, 0.717) is 5.92 Å². The number of hydrogen-bond donors (Lipinski definition) is 0. The molecule has 1 aliphatic carbocycles. The maximum absolute atomic E-state index is 5.94. The molecule has 1 saturated carbocycles. The number of benzene rings is 1. The Balaban J connectivity index is 1.88. The van der Waals surface area contributed by atoms with Gasteiger partial charge < -0.3 is 4.42 Å². The van der Waals surface area contributed by atoms with Crippen molar-refractivity contribution in [1.82, 2.24) is 0 Å². The van der Waals surface area contributed by atoms with Crippen LogP contribution in [0.2, 0.25) is 0 Å². The van der Waals surface area contributed by atoms with Gasteiger partial charge in [-0.25, -0.2) is 0 Å². The van der Waals surface area contributed by atoms with Crippen molar-refractivity contribution in [2.45, 2.75) is 38.5 Å². The molecule has 0 aliphatic heterocycles. The summed E-state index contributed by atoms with van der Waals surface area (Å²) in [6.45, 7) is 2.36. The number of furan rings is 1. The van der Waals surface area contributed by atoms with Gasteiger partial charge in [0, 0.05) is 11.3 Å². The van der Waals surface area contributed by atoms with Crippen molar-refractivity contribution in [2.24, 2.45) is 5.92 Å². The van der Waals surface area contributed by atoms with Gasteiger partial charge in [-0.05, 0) is 30.9 Å². The Labute approximate surface area is 96.5 Å². The molecule has 1 aromatic carbocycles. The van der Waals surface area contributed by atoms with E-state index >= 15 is 0 Å². The van der Waals surface area contributed by atoms with E-state index in [4.69, 9.17) is 4.42 Å². The molecule has 0 saturated heterocycles. The van der Waals surface area contributed by atoms with Crippen LogP contribution in [-0.2, 0) is 0 Å². The predicted molar refractivity (Wildman–Crippen MR) is 66.6 cm³/mol. The second kappa shape index (κ2) is 3.97. The van der Waals surface area contributed by atoms with Gasteiger partial charge in [0.1, 0.15) is 11.3 Å². The molecular formula is C15H18O. The lowest BCUT2D eigenvalue weighted by Gasteiger charge is -2.24. The van der Waals surface area contributed by atoms with Gasteiger partial charge in [-0.2, -0.15) is 0 Å². The third-order valence-corrected chi connectivity index (χ3v) is 3.86. The Hall–Kier alpha value is -1.24. The summed E-state index contributed by atoms with van der Waals surface area (Å²) >= 11 is 0. The lowest BCUT2D eigenvalue weighted by Crippen LogP contribution is -2.09. The summed E-state index contributed by atoms with van der Waals surface area (Å²) in [5.41, 5.74) is 1.04. The molecule has 1 aromatic heterocycles. The van der Waals surface area contributed by atoms with Gasteiger partial charge in [-0.3, -0.25) is 0 Å². The van der Waals surface area contributed by atoms with Gasteiger partial charge >= 0.3 is 0 Å². The topological polar surface area (TPSA) is 13.1 Å². The summed E-state index contributed by atoms with van der Waals surface area (Å²) in [4.78, 5) is 0. The van der Waals surface area contributed by atoms with Crippen molar-refractivity contribution >= 4 is 11.0 Å². The van der Waals surface area contributed by atoms with Crippen molar-refractivity contribution in [3.63, 3.8) is 0 Å². The molecule has 0 spiro atoms. The van der Waals surface area contributed by atoms with E-state index in [2.05, 4.69) is 31.2 Å². The average Bonchev–Trinajstić information content (AvgIpc) is 2.73. The van der Waals surface area contributed by atoms with Crippen LogP contribution >= 0.6 is 0 Å². The minimum Gasteiger partial charge on any atom is -0.461 e. The average molecular weight is 214 g/mol. The normalized spacial score (nSPS) is 26.1. The first-order chi connectivity index (χ1) is 7.83. The van der Waals surface area contributed by atoms with Gasteiger partial charge in [-0.1, -0.05) is 38.0 Å². The molecule has 1 heteroatoms. The van der Waals surface area contributed by atoms with E-state index in [1.807, 2.05) is 6.07 Å². The van der Waals surface area contributed by atoms with Crippen LogP contribution in [0.25, 0.3) is 11.0 Å². The van der Waals surface area contributed by atoms with Crippen molar-refractivity contribution in [2.75, 3.05) is 0 Å². The van der Waals surface area contributed by atoms with Gasteiger partial charge in [-0.15, -0.1) is 0 Å². The molecular weight excluding hydrogens is 196 g/mol. The van der Waals surface area contributed by atoms with Gasteiger partial charge in [0.05, 0.1) is 0 Å². The van der Waals surface area contributed by atoms with Crippen LogP contribution in [0.4, 0.5) is 0 Å². The molecule has 0 radical (unpaired) electrons. The van der Waals surface area contributed by atoms with Crippen LogP contribution in [0.5, 0.6) is 0 Å². The van der Waals surface area contributed by atoms with Crippen molar-refractivity contribution in [3.8, 4) is 0 Å². The monoisotopic (exact) mass is 214 g/mol. The zero-order chi connectivity index (χ0) is 11.0. The lowest BCUT2D eigenvalue weighted by atomic mass is 9.82. The smallest absolute Gasteiger partial charge is 0.134 e. The van der Waals surface area contributed by atoms with Crippen LogP contribution in [0, 0.1) is 5.92 Å². The molecule has 0 bridgehead atoms. The third-order valence-electron chi connectivity index (χ3n) is 3.86. The zero-order valence-electron chi connectivity index (χ0n) is 9.78. The molecule has 2 aromatic rings. The maximum Gasteiger partial charge on any atom is 0.134 e. The van der Waals surface area contributed by atoms with E-state index in [-0.39, 0.29) is 0 Å². The predicted octanol–water partition coefficient (Wildman–Crippen LogP) is 4.73. The molecule has 0 N–H and O–H groups in total. The molecule has 84 valence electrons. The zero-order valence-corrected chi connectivity index (χ0v) is 9.78. The first-order valence-corrected chi connectivity index (χ1v) is 6.31. The summed E-state index contributed by atoms with van der Waals surface area (Å²) in [6, 6.07) is 10.5. The SMILES string of the molecule is C[C@H]1CC[C@@H](c2cc3ccccc3o2)CC1. The first-order valence-electron chi connectivity index (χ1n) is 6.31. The van der Waals surface area contributed by atoms with Crippen LogP contribution in [0.15, 0.2) is 34.7 Å². The fourth-order valence-corrected chi connectivity index (χ4v) is 2.75. The molecule has 1 aliphatic rings. The number of rotatable bonds is 1. The fraction of sp³-hybridized carbons (Fsp3) is 0.467. The number of para-hydroxylation sites is 1. The summed E-state index contributed by atoms with van der Waals surface area (Å²) in [5, 5.41) is 1.25.